The topological polar surface area (TPSA) is 94.7 Å². The number of piperidine rings is 1. The Morgan fingerprint density at radius 1 is 1.43 bits per heavy atom. The molecule has 0 spiro atoms. The lowest BCUT2D eigenvalue weighted by Crippen LogP contribution is -2.40. The molecule has 1 amide bonds. The molecule has 23 heavy (non-hydrogen) atoms. The molecule has 0 unspecified atom stereocenters. The first kappa shape index (κ1) is 15.5. The van der Waals surface area contributed by atoms with Gasteiger partial charge in [0.25, 0.3) is 0 Å². The molecule has 0 aromatic carbocycles. The van der Waals surface area contributed by atoms with Gasteiger partial charge < -0.3 is 9.88 Å². The van der Waals surface area contributed by atoms with Crippen molar-refractivity contribution in [2.75, 3.05) is 13.1 Å². The van der Waals surface area contributed by atoms with Gasteiger partial charge in [-0.05, 0) is 32.8 Å². The summed E-state index contributed by atoms with van der Waals surface area (Å²) in [5.41, 5.74) is 3.33. The van der Waals surface area contributed by atoms with Gasteiger partial charge >= 0.3 is 5.69 Å². The lowest BCUT2D eigenvalue weighted by Gasteiger charge is -2.32. The second kappa shape index (κ2) is 6.36. The van der Waals surface area contributed by atoms with E-state index in [1.807, 2.05) is 24.8 Å². The summed E-state index contributed by atoms with van der Waals surface area (Å²) in [6.07, 6.45) is 3.79. The number of H-pyrrole nitrogens is 2. The van der Waals surface area contributed by atoms with Crippen molar-refractivity contribution in [3.63, 3.8) is 0 Å². The molecule has 3 heterocycles. The van der Waals surface area contributed by atoms with Crippen molar-refractivity contribution in [2.24, 2.45) is 0 Å². The highest BCUT2D eigenvalue weighted by Crippen LogP contribution is 2.25. The fourth-order valence-electron chi connectivity index (χ4n) is 3.18. The summed E-state index contributed by atoms with van der Waals surface area (Å²) < 4.78 is 0. The van der Waals surface area contributed by atoms with E-state index in [1.54, 1.807) is 0 Å². The Kier molecular flexibility index (Phi) is 4.27. The maximum atomic E-state index is 12.6. The largest absolute Gasteiger partial charge is 0.345 e. The summed E-state index contributed by atoms with van der Waals surface area (Å²) >= 11 is 0. The highest BCUT2D eigenvalue weighted by Gasteiger charge is 2.26. The summed E-state index contributed by atoms with van der Waals surface area (Å²) in [5, 5.41) is 7.06. The summed E-state index contributed by atoms with van der Waals surface area (Å²) in [6, 6.07) is 1.82. The number of rotatable bonds is 3. The molecule has 2 N–H and O–H groups in total. The fraction of sp³-hybridized carbons (Fsp3) is 0.500. The molecule has 2 aromatic rings. The van der Waals surface area contributed by atoms with Crippen LogP contribution >= 0.6 is 0 Å². The van der Waals surface area contributed by atoms with Gasteiger partial charge in [0.05, 0.1) is 12.1 Å². The van der Waals surface area contributed by atoms with Crippen molar-refractivity contribution in [1.29, 1.82) is 0 Å². The van der Waals surface area contributed by atoms with Crippen LogP contribution in [-0.4, -0.2) is 44.1 Å². The average Bonchev–Trinajstić information content (AvgIpc) is 2.87. The highest BCUT2D eigenvalue weighted by molar-refractivity contribution is 5.79. The molecular weight excluding hydrogens is 294 g/mol. The van der Waals surface area contributed by atoms with Crippen LogP contribution in [0.4, 0.5) is 0 Å². The van der Waals surface area contributed by atoms with Gasteiger partial charge in [-0.25, -0.2) is 9.78 Å². The Morgan fingerprint density at radius 2 is 2.26 bits per heavy atom. The monoisotopic (exact) mass is 315 g/mol. The zero-order valence-electron chi connectivity index (χ0n) is 13.4. The van der Waals surface area contributed by atoms with Crippen molar-refractivity contribution < 1.29 is 4.79 Å². The summed E-state index contributed by atoms with van der Waals surface area (Å²) in [4.78, 5) is 32.3. The van der Waals surface area contributed by atoms with Gasteiger partial charge in [0.1, 0.15) is 0 Å². The van der Waals surface area contributed by atoms with Gasteiger partial charge in [-0.15, -0.1) is 0 Å². The van der Waals surface area contributed by atoms with Gasteiger partial charge in [0.2, 0.25) is 5.91 Å². The minimum atomic E-state index is -0.337. The third-order valence-electron chi connectivity index (χ3n) is 4.52. The van der Waals surface area contributed by atoms with Crippen LogP contribution in [0.15, 0.2) is 17.1 Å². The lowest BCUT2D eigenvalue weighted by atomic mass is 9.94. The second-order valence-electron chi connectivity index (χ2n) is 6.10. The molecule has 7 nitrogen and oxygen atoms in total. The molecule has 1 fully saturated rings. The number of hydrogen-bond donors (Lipinski definition) is 2. The molecule has 1 aliphatic rings. The van der Waals surface area contributed by atoms with Gasteiger partial charge in [-0.1, -0.05) is 0 Å². The van der Waals surface area contributed by atoms with Gasteiger partial charge in [-0.2, -0.15) is 5.10 Å². The van der Waals surface area contributed by atoms with Crippen LogP contribution in [0.1, 0.15) is 41.4 Å². The minimum Gasteiger partial charge on any atom is -0.342 e. The van der Waals surface area contributed by atoms with Crippen molar-refractivity contribution in [2.45, 2.75) is 39.0 Å². The average molecular weight is 315 g/mol. The normalized spacial score (nSPS) is 18.2. The number of carbonyl (C=O) groups excluding carboxylic acids is 1. The van der Waals surface area contributed by atoms with Crippen molar-refractivity contribution in [3.8, 4) is 0 Å². The van der Waals surface area contributed by atoms with E-state index in [9.17, 15) is 9.59 Å². The zero-order chi connectivity index (χ0) is 16.4. The molecule has 1 aliphatic heterocycles. The summed E-state index contributed by atoms with van der Waals surface area (Å²) in [5.74, 6) is 0.272. The van der Waals surface area contributed by atoms with Crippen molar-refractivity contribution in [1.82, 2.24) is 25.1 Å². The predicted octanol–water partition coefficient (Wildman–Crippen LogP) is 1.06. The highest BCUT2D eigenvalue weighted by atomic mass is 16.2. The van der Waals surface area contributed by atoms with Crippen molar-refractivity contribution >= 4 is 5.91 Å². The fourth-order valence-corrected chi connectivity index (χ4v) is 3.18. The lowest BCUT2D eigenvalue weighted by molar-refractivity contribution is -0.131. The molecule has 122 valence electrons. The second-order valence-corrected chi connectivity index (χ2v) is 6.10. The standard InChI is InChI=1S/C16H21N5O2/c1-10-13(11(2)20-19-10)8-15(22)21-7-3-4-12(9-21)14-5-6-17-16(23)18-14/h5-6,12H,3-4,7-9H2,1-2H3,(H,19,20)(H,17,18,23)/t12-/m1/s1. The molecule has 0 bridgehead atoms. The smallest absolute Gasteiger partial charge is 0.342 e. The maximum Gasteiger partial charge on any atom is 0.345 e. The van der Waals surface area contributed by atoms with E-state index >= 15 is 0 Å². The quantitative estimate of drug-likeness (QED) is 0.885. The number of amides is 1. The number of hydrogen-bond acceptors (Lipinski definition) is 4. The maximum absolute atomic E-state index is 12.6. The van der Waals surface area contributed by atoms with E-state index in [0.29, 0.717) is 13.0 Å². The Bertz CT molecular complexity index is 744. The number of nitrogens with one attached hydrogen (secondary N) is 2. The number of nitrogens with zero attached hydrogens (tertiary/aromatic N) is 3. The molecule has 1 atom stereocenters. The first-order valence-corrected chi connectivity index (χ1v) is 7.88. The van der Waals surface area contributed by atoms with E-state index in [0.717, 1.165) is 42.0 Å². The molecule has 2 aromatic heterocycles. The SMILES string of the molecule is Cc1n[nH]c(C)c1CC(=O)N1CCC[C@@H](c2ccnc(=O)[nH]2)C1. The van der Waals surface area contributed by atoms with Crippen LogP contribution in [0.25, 0.3) is 0 Å². The summed E-state index contributed by atoms with van der Waals surface area (Å²) in [7, 11) is 0. The number of aromatic nitrogens is 4. The molecule has 0 radical (unpaired) electrons. The van der Waals surface area contributed by atoms with Crippen molar-refractivity contribution in [3.05, 3.63) is 45.4 Å². The van der Waals surface area contributed by atoms with Crippen LogP contribution in [0, 0.1) is 13.8 Å². The Morgan fingerprint density at radius 3 is 2.96 bits per heavy atom. The van der Waals surface area contributed by atoms with E-state index in [2.05, 4.69) is 20.2 Å². The molecule has 3 rings (SSSR count). The van der Waals surface area contributed by atoms with Gasteiger partial charge in [0.15, 0.2) is 0 Å². The number of likely N-dealkylation sites (tertiary alicyclic amines) is 1. The predicted molar refractivity (Wildman–Crippen MR) is 85.2 cm³/mol. The van der Waals surface area contributed by atoms with E-state index in [-0.39, 0.29) is 17.5 Å². The van der Waals surface area contributed by atoms with Crippen LogP contribution in [0.3, 0.4) is 0 Å². The molecule has 0 aliphatic carbocycles. The zero-order valence-corrected chi connectivity index (χ0v) is 13.4. The molecule has 7 heteroatoms. The first-order valence-electron chi connectivity index (χ1n) is 7.88. The number of carbonyl (C=O) groups is 1. The van der Waals surface area contributed by atoms with E-state index in [4.69, 9.17) is 0 Å². The van der Waals surface area contributed by atoms with Crippen LogP contribution in [0.2, 0.25) is 0 Å². The molecule has 1 saturated heterocycles. The molecule has 0 saturated carbocycles. The Balaban J connectivity index is 1.71. The molecular formula is C16H21N5O2. The van der Waals surface area contributed by atoms with Gasteiger partial charge in [0, 0.05) is 42.2 Å². The van der Waals surface area contributed by atoms with Crippen LogP contribution < -0.4 is 5.69 Å². The summed E-state index contributed by atoms with van der Waals surface area (Å²) in [6.45, 7) is 5.24. The first-order chi connectivity index (χ1) is 11.0. The third-order valence-corrected chi connectivity index (χ3v) is 4.52. The van der Waals surface area contributed by atoms with Crippen LogP contribution in [-0.2, 0) is 11.2 Å². The van der Waals surface area contributed by atoms with E-state index in [1.165, 1.54) is 6.20 Å². The van der Waals surface area contributed by atoms with Crippen LogP contribution in [0.5, 0.6) is 0 Å². The number of aryl methyl sites for hydroxylation is 2. The van der Waals surface area contributed by atoms with Gasteiger partial charge in [-0.3, -0.25) is 9.89 Å². The van der Waals surface area contributed by atoms with E-state index < -0.39 is 0 Å². The Hall–Kier alpha value is -2.44. The Labute approximate surface area is 134 Å². The third kappa shape index (κ3) is 3.33. The minimum absolute atomic E-state index is 0.110. The number of aromatic amines is 2.